The number of hydrogen-bond acceptors (Lipinski definition) is 4. The molecule has 0 saturated carbocycles. The Morgan fingerprint density at radius 1 is 1.19 bits per heavy atom. The molecule has 1 aromatic rings. The van der Waals surface area contributed by atoms with Gasteiger partial charge >= 0.3 is 0 Å². The van der Waals surface area contributed by atoms with Gasteiger partial charge in [-0.15, -0.1) is 12.4 Å². The second-order valence-corrected chi connectivity index (χ2v) is 7.37. The number of unbranched alkanes of at least 4 members (excludes halogenated alkanes) is 1. The highest BCUT2D eigenvalue weighted by molar-refractivity contribution is 7.92. The van der Waals surface area contributed by atoms with Gasteiger partial charge in [-0.3, -0.25) is 4.79 Å². The molecule has 0 unspecified atom stereocenters. The first kappa shape index (κ1) is 19.9. The highest BCUT2D eigenvalue weighted by Crippen LogP contribution is 2.16. The summed E-state index contributed by atoms with van der Waals surface area (Å²) in [5, 5.41) is 2.30. The number of sulfone groups is 1. The maximum atomic E-state index is 11.9. The minimum atomic E-state index is -3.29. The first-order valence-electron chi connectivity index (χ1n) is 6.72. The van der Waals surface area contributed by atoms with Gasteiger partial charge in [-0.2, -0.15) is 0 Å². The average Bonchev–Trinajstić information content (AvgIpc) is 2.43. The first-order valence-corrected chi connectivity index (χ1v) is 8.26. The van der Waals surface area contributed by atoms with Crippen LogP contribution in [0.15, 0.2) is 29.2 Å². The lowest BCUT2D eigenvalue weighted by Crippen LogP contribution is -2.25. The van der Waals surface area contributed by atoms with Gasteiger partial charge in [-0.1, -0.05) is 0 Å². The van der Waals surface area contributed by atoms with Gasteiger partial charge in [-0.05, 0) is 57.5 Å². The van der Waals surface area contributed by atoms with E-state index in [0.29, 0.717) is 18.7 Å². The number of halogens is 1. The summed E-state index contributed by atoms with van der Waals surface area (Å²) in [6.45, 7) is 4.44. The minimum absolute atomic E-state index is 0. The van der Waals surface area contributed by atoms with Crippen molar-refractivity contribution in [3.63, 3.8) is 0 Å². The van der Waals surface area contributed by atoms with Crippen molar-refractivity contribution in [3.8, 4) is 0 Å². The van der Waals surface area contributed by atoms with Crippen molar-refractivity contribution in [2.24, 2.45) is 5.73 Å². The summed E-state index contributed by atoms with van der Waals surface area (Å²) in [5.74, 6) is -0.199. The summed E-state index contributed by atoms with van der Waals surface area (Å²) in [5.41, 5.74) is 5.83. The van der Waals surface area contributed by atoms with E-state index in [1.165, 1.54) is 24.3 Å². The van der Waals surface area contributed by atoms with Gasteiger partial charge in [0, 0.05) is 12.1 Å². The van der Waals surface area contributed by atoms with E-state index in [4.69, 9.17) is 5.73 Å². The Bertz CT molecular complexity index is 542. The van der Waals surface area contributed by atoms with Gasteiger partial charge in [0.15, 0.2) is 9.84 Å². The van der Waals surface area contributed by atoms with E-state index in [1.54, 1.807) is 13.8 Å². The molecule has 0 aromatic heterocycles. The normalized spacial score (nSPS) is 11.0. The van der Waals surface area contributed by atoms with Gasteiger partial charge < -0.3 is 11.1 Å². The molecule has 3 N–H and O–H groups in total. The average molecular weight is 335 g/mol. The second kappa shape index (κ2) is 9.02. The fourth-order valence-electron chi connectivity index (χ4n) is 1.64. The van der Waals surface area contributed by atoms with Crippen LogP contribution in [0.25, 0.3) is 0 Å². The van der Waals surface area contributed by atoms with Crippen molar-refractivity contribution in [1.82, 2.24) is 5.32 Å². The Labute approximate surface area is 132 Å². The summed E-state index contributed by atoms with van der Waals surface area (Å²) < 4.78 is 23.9. The zero-order valence-electron chi connectivity index (χ0n) is 12.3. The molecule has 1 aromatic carbocycles. The Morgan fingerprint density at radius 3 is 2.24 bits per heavy atom. The van der Waals surface area contributed by atoms with Crippen LogP contribution in [0, 0.1) is 0 Å². The Hall–Kier alpha value is -1.11. The molecule has 0 atom stereocenters. The molecule has 0 aliphatic heterocycles. The third-order valence-corrected chi connectivity index (χ3v) is 5.15. The van der Waals surface area contributed by atoms with Gasteiger partial charge in [0.1, 0.15) is 0 Å². The topological polar surface area (TPSA) is 89.3 Å². The van der Waals surface area contributed by atoms with E-state index in [1.807, 2.05) is 0 Å². The molecule has 0 aliphatic rings. The van der Waals surface area contributed by atoms with Crippen LogP contribution in [0.2, 0.25) is 0 Å². The lowest BCUT2D eigenvalue weighted by Gasteiger charge is -2.09. The van der Waals surface area contributed by atoms with Gasteiger partial charge in [0.25, 0.3) is 5.91 Å². The predicted octanol–water partition coefficient (Wildman–Crippen LogP) is 1.76. The van der Waals surface area contributed by atoms with Crippen molar-refractivity contribution in [3.05, 3.63) is 29.8 Å². The van der Waals surface area contributed by atoms with Crippen LogP contribution < -0.4 is 11.1 Å². The summed E-state index contributed by atoms with van der Waals surface area (Å²) in [7, 11) is -3.29. The van der Waals surface area contributed by atoms with E-state index in [0.717, 1.165) is 12.8 Å². The van der Waals surface area contributed by atoms with E-state index >= 15 is 0 Å². The fourth-order valence-corrected chi connectivity index (χ4v) is 2.70. The van der Waals surface area contributed by atoms with Gasteiger partial charge in [-0.25, -0.2) is 8.42 Å². The molecule has 0 heterocycles. The third-order valence-electron chi connectivity index (χ3n) is 2.98. The molecule has 21 heavy (non-hydrogen) atoms. The molecule has 0 spiro atoms. The number of benzene rings is 1. The first-order chi connectivity index (χ1) is 9.39. The molecule has 0 aliphatic carbocycles. The van der Waals surface area contributed by atoms with Gasteiger partial charge in [0.2, 0.25) is 0 Å². The molecule has 120 valence electrons. The number of carbonyl (C=O) groups excluding carboxylic acids is 1. The Balaban J connectivity index is 0.00000400. The molecule has 1 amide bonds. The van der Waals surface area contributed by atoms with E-state index in [9.17, 15) is 13.2 Å². The summed E-state index contributed by atoms with van der Waals surface area (Å²) in [4.78, 5) is 12.1. The van der Waals surface area contributed by atoms with Crippen molar-refractivity contribution in [1.29, 1.82) is 0 Å². The molecule has 5 nitrogen and oxygen atoms in total. The van der Waals surface area contributed by atoms with Crippen molar-refractivity contribution < 1.29 is 13.2 Å². The molecule has 7 heteroatoms. The lowest BCUT2D eigenvalue weighted by atomic mass is 10.2. The molecule has 0 saturated heterocycles. The van der Waals surface area contributed by atoms with E-state index in [-0.39, 0.29) is 23.2 Å². The number of carbonyl (C=O) groups is 1. The molecule has 0 fully saturated rings. The number of amides is 1. The van der Waals surface area contributed by atoms with Crippen LogP contribution in [0.4, 0.5) is 0 Å². The van der Waals surface area contributed by atoms with Crippen molar-refractivity contribution in [2.45, 2.75) is 36.8 Å². The van der Waals surface area contributed by atoms with Crippen LogP contribution in [-0.4, -0.2) is 32.7 Å². The van der Waals surface area contributed by atoms with Crippen LogP contribution in [0.1, 0.15) is 37.0 Å². The minimum Gasteiger partial charge on any atom is -0.352 e. The Kier molecular flexibility index (Phi) is 8.54. The highest BCUT2D eigenvalue weighted by atomic mass is 35.5. The number of hydrogen-bond donors (Lipinski definition) is 2. The monoisotopic (exact) mass is 334 g/mol. The SMILES string of the molecule is CC(C)S(=O)(=O)c1ccc(C(=O)NCCCCN)cc1.Cl. The number of nitrogens with two attached hydrogens (primary N) is 1. The lowest BCUT2D eigenvalue weighted by molar-refractivity contribution is 0.0953. The largest absolute Gasteiger partial charge is 0.352 e. The van der Waals surface area contributed by atoms with Crippen molar-refractivity contribution in [2.75, 3.05) is 13.1 Å². The smallest absolute Gasteiger partial charge is 0.251 e. The maximum absolute atomic E-state index is 11.9. The molecule has 1 rings (SSSR count). The van der Waals surface area contributed by atoms with Gasteiger partial charge in [0.05, 0.1) is 10.1 Å². The second-order valence-electron chi connectivity index (χ2n) is 4.87. The zero-order chi connectivity index (χ0) is 15.2. The molecular formula is C14H23ClN2O3S. The summed E-state index contributed by atoms with van der Waals surface area (Å²) >= 11 is 0. The molecule has 0 bridgehead atoms. The number of rotatable bonds is 7. The number of nitrogens with one attached hydrogen (secondary N) is 1. The van der Waals surface area contributed by atoms with Crippen LogP contribution in [0.5, 0.6) is 0 Å². The van der Waals surface area contributed by atoms with Crippen LogP contribution >= 0.6 is 12.4 Å². The van der Waals surface area contributed by atoms with E-state index in [2.05, 4.69) is 5.32 Å². The van der Waals surface area contributed by atoms with E-state index < -0.39 is 15.1 Å². The third kappa shape index (κ3) is 5.65. The summed E-state index contributed by atoms with van der Waals surface area (Å²) in [6.07, 6.45) is 1.70. The quantitative estimate of drug-likeness (QED) is 0.743. The summed E-state index contributed by atoms with van der Waals surface area (Å²) in [6, 6.07) is 6.02. The molecule has 0 radical (unpaired) electrons. The van der Waals surface area contributed by atoms with Crippen LogP contribution in [-0.2, 0) is 9.84 Å². The Morgan fingerprint density at radius 2 is 1.76 bits per heavy atom. The zero-order valence-corrected chi connectivity index (χ0v) is 14.0. The van der Waals surface area contributed by atoms with Crippen molar-refractivity contribution >= 4 is 28.2 Å². The highest BCUT2D eigenvalue weighted by Gasteiger charge is 2.19. The molecular weight excluding hydrogens is 312 g/mol. The maximum Gasteiger partial charge on any atom is 0.251 e. The fraction of sp³-hybridized carbons (Fsp3) is 0.500. The van der Waals surface area contributed by atoms with Crippen LogP contribution in [0.3, 0.4) is 0 Å². The standard InChI is InChI=1S/C14H22N2O3S.ClH/c1-11(2)20(18,19)13-7-5-12(6-8-13)14(17)16-10-4-3-9-15;/h5-8,11H,3-4,9-10,15H2,1-2H3,(H,16,17);1H. The predicted molar refractivity (Wildman–Crippen MR) is 86.6 cm³/mol.